The van der Waals surface area contributed by atoms with Crippen LogP contribution in [0.2, 0.25) is 0 Å². The zero-order valence-electron chi connectivity index (χ0n) is 35.0. The van der Waals surface area contributed by atoms with Gasteiger partial charge >= 0.3 is 23.8 Å². The number of methoxy groups -OCH3 is 1. The van der Waals surface area contributed by atoms with E-state index in [1.165, 1.54) is 13.2 Å². The van der Waals surface area contributed by atoms with Gasteiger partial charge in [-0.05, 0) is 100 Å². The number of carbonyl (C=O) groups excluding carboxylic acids is 4. The topological polar surface area (TPSA) is 202 Å². The Kier molecular flexibility index (Phi) is 14.4. The number of nitrogens with zero attached hydrogens (tertiary/aromatic N) is 3. The highest BCUT2D eigenvalue weighted by Crippen LogP contribution is 2.44. The van der Waals surface area contributed by atoms with E-state index in [-0.39, 0.29) is 42.7 Å². The van der Waals surface area contributed by atoms with Crippen LogP contribution >= 0.6 is 0 Å². The first kappa shape index (κ1) is 43.9. The van der Waals surface area contributed by atoms with Crippen molar-refractivity contribution < 1.29 is 42.5 Å². The number of fused-ring (bicyclic) bond motifs is 4. The number of rotatable bonds is 18. The second-order valence-corrected chi connectivity index (χ2v) is 15.9. The normalized spacial score (nSPS) is 13.1. The summed E-state index contributed by atoms with van der Waals surface area (Å²) in [5.41, 5.74) is 3.89. The van der Waals surface area contributed by atoms with Gasteiger partial charge in [-0.25, -0.2) is 19.2 Å². The summed E-state index contributed by atoms with van der Waals surface area (Å²) < 4.78 is 28.8. The summed E-state index contributed by atoms with van der Waals surface area (Å²) in [6.45, 7) is 8.38. The Morgan fingerprint density at radius 1 is 0.902 bits per heavy atom. The van der Waals surface area contributed by atoms with Crippen LogP contribution in [0.5, 0.6) is 5.75 Å². The average Bonchev–Trinajstić information content (AvgIpc) is 3.80. The SMILES string of the molecule is COC(=O)[C@H](CCCCNC(=O)c1cc2ccc(OCCCc3cn(C[C@@H](C)NC(=O)OC(C)(C)C)nn3)cc2oc1=O)NC(=O)OCC1c2ccccc2-c2ccccc21. The van der Waals surface area contributed by atoms with Crippen LogP contribution in [0.3, 0.4) is 0 Å². The number of hydrogen-bond acceptors (Lipinski definition) is 12. The molecular weight excluding hydrogens is 785 g/mol. The van der Waals surface area contributed by atoms with Crippen LogP contribution in [-0.2, 0) is 32.0 Å². The summed E-state index contributed by atoms with van der Waals surface area (Å²) >= 11 is 0. The molecule has 1 aliphatic carbocycles. The second-order valence-electron chi connectivity index (χ2n) is 15.9. The molecule has 3 amide bonds. The van der Waals surface area contributed by atoms with E-state index in [4.69, 9.17) is 23.4 Å². The molecule has 0 spiro atoms. The Balaban J connectivity index is 0.907. The zero-order valence-corrected chi connectivity index (χ0v) is 35.0. The van der Waals surface area contributed by atoms with E-state index in [2.05, 4.69) is 38.4 Å². The minimum Gasteiger partial charge on any atom is -0.493 e. The van der Waals surface area contributed by atoms with Crippen molar-refractivity contribution in [1.82, 2.24) is 30.9 Å². The zero-order chi connectivity index (χ0) is 43.5. The number of aryl methyl sites for hydroxylation is 1. The van der Waals surface area contributed by atoms with Gasteiger partial charge in [0.15, 0.2) is 0 Å². The number of alkyl carbamates (subject to hydrolysis) is 2. The van der Waals surface area contributed by atoms with Gasteiger partial charge in [-0.2, -0.15) is 0 Å². The number of amides is 3. The molecule has 0 radical (unpaired) electrons. The van der Waals surface area contributed by atoms with Gasteiger partial charge in [0.25, 0.3) is 5.91 Å². The Hall–Kier alpha value is -6.71. The Morgan fingerprint density at radius 2 is 1.62 bits per heavy atom. The highest BCUT2D eigenvalue weighted by molar-refractivity contribution is 5.96. The van der Waals surface area contributed by atoms with Gasteiger partial charge in [0.1, 0.15) is 35.1 Å². The lowest BCUT2D eigenvalue weighted by Gasteiger charge is -2.21. The lowest BCUT2D eigenvalue weighted by molar-refractivity contribution is -0.143. The van der Waals surface area contributed by atoms with Gasteiger partial charge in [-0.1, -0.05) is 53.7 Å². The summed E-state index contributed by atoms with van der Waals surface area (Å²) in [5.74, 6) is -0.836. The third kappa shape index (κ3) is 12.0. The molecule has 0 saturated carbocycles. The molecule has 61 heavy (non-hydrogen) atoms. The molecular formula is C45H52N6O10. The molecule has 0 bridgehead atoms. The fourth-order valence-corrected chi connectivity index (χ4v) is 7.10. The number of ether oxygens (including phenoxy) is 4. The lowest BCUT2D eigenvalue weighted by Crippen LogP contribution is -2.42. The Morgan fingerprint density at radius 3 is 2.33 bits per heavy atom. The number of aromatic nitrogens is 3. The fourth-order valence-electron chi connectivity index (χ4n) is 7.10. The second kappa shape index (κ2) is 20.0. The van der Waals surface area contributed by atoms with Gasteiger partial charge < -0.3 is 39.3 Å². The van der Waals surface area contributed by atoms with Crippen LogP contribution in [0.25, 0.3) is 22.1 Å². The van der Waals surface area contributed by atoms with Gasteiger partial charge in [0, 0.05) is 36.2 Å². The molecule has 3 N–H and O–H groups in total. The first-order valence-corrected chi connectivity index (χ1v) is 20.3. The Labute approximate surface area is 353 Å². The molecule has 1 aliphatic rings. The molecule has 3 aromatic carbocycles. The quantitative estimate of drug-likeness (QED) is 0.0386. The molecule has 5 aromatic rings. The maximum Gasteiger partial charge on any atom is 0.407 e. The summed E-state index contributed by atoms with van der Waals surface area (Å²) in [4.78, 5) is 63.2. The molecule has 0 fully saturated rings. The molecule has 6 rings (SSSR count). The molecule has 2 atom stereocenters. The first-order chi connectivity index (χ1) is 29.3. The maximum absolute atomic E-state index is 13.0. The van der Waals surface area contributed by atoms with Crippen LogP contribution in [0.1, 0.15) is 86.5 Å². The summed E-state index contributed by atoms with van der Waals surface area (Å²) in [6, 6.07) is 21.4. The number of carbonyl (C=O) groups is 4. The van der Waals surface area contributed by atoms with E-state index in [9.17, 15) is 24.0 Å². The summed E-state index contributed by atoms with van der Waals surface area (Å²) in [5, 5.41) is 17.0. The van der Waals surface area contributed by atoms with Crippen LogP contribution in [-0.4, -0.2) is 83.6 Å². The third-order valence-corrected chi connectivity index (χ3v) is 9.93. The number of esters is 1. The van der Waals surface area contributed by atoms with Crippen molar-refractivity contribution in [3.05, 3.63) is 112 Å². The molecule has 0 unspecified atom stereocenters. The first-order valence-electron chi connectivity index (χ1n) is 20.3. The molecule has 0 saturated heterocycles. The number of unbranched alkanes of at least 4 members (excludes halogenated alkanes) is 1. The Bertz CT molecular complexity index is 2360. The van der Waals surface area contributed by atoms with Crippen LogP contribution in [0.15, 0.2) is 88.2 Å². The van der Waals surface area contributed by atoms with Crippen molar-refractivity contribution in [2.45, 2.75) is 89.9 Å². The van der Waals surface area contributed by atoms with Gasteiger partial charge in [-0.15, -0.1) is 5.10 Å². The van der Waals surface area contributed by atoms with E-state index >= 15 is 0 Å². The van der Waals surface area contributed by atoms with Crippen molar-refractivity contribution >= 4 is 35.0 Å². The van der Waals surface area contributed by atoms with Crippen LogP contribution in [0, 0.1) is 0 Å². The van der Waals surface area contributed by atoms with E-state index < -0.39 is 41.3 Å². The molecule has 16 nitrogen and oxygen atoms in total. The smallest absolute Gasteiger partial charge is 0.407 e. The predicted molar refractivity (Wildman–Crippen MR) is 225 cm³/mol. The third-order valence-electron chi connectivity index (χ3n) is 9.93. The highest BCUT2D eigenvalue weighted by Gasteiger charge is 2.30. The van der Waals surface area contributed by atoms with Gasteiger partial charge in [0.2, 0.25) is 0 Å². The van der Waals surface area contributed by atoms with E-state index in [1.807, 2.05) is 49.5 Å². The standard InChI is InChI=1S/C45H52N6O10/c1-28(47-44(56)61-45(2,3)4)25-51-26-30(49-50-51)13-12-22-58-31-20-19-29-23-36(41(53)60-39(29)24-31)40(52)46-21-11-10-18-38(42(54)57-5)48-43(55)59-27-37-34-16-8-6-14-32(34)33-15-7-9-17-35(33)37/h6-9,14-17,19-20,23-24,26,28,37-38H,10-13,18,21-22,25,27H2,1-5H3,(H,46,52)(H,47,56)(H,48,55)/t28-,38+/m1/s1. The molecule has 322 valence electrons. The predicted octanol–water partition coefficient (Wildman–Crippen LogP) is 6.29. The summed E-state index contributed by atoms with van der Waals surface area (Å²) in [6.07, 6.45) is 3.00. The summed E-state index contributed by atoms with van der Waals surface area (Å²) in [7, 11) is 1.25. The van der Waals surface area contributed by atoms with Crippen LogP contribution < -0.4 is 26.3 Å². The van der Waals surface area contributed by atoms with Crippen molar-refractivity contribution in [1.29, 1.82) is 0 Å². The number of nitrogens with one attached hydrogen (secondary N) is 3. The largest absolute Gasteiger partial charge is 0.493 e. The molecule has 2 aromatic heterocycles. The van der Waals surface area contributed by atoms with Crippen molar-refractivity contribution in [3.8, 4) is 16.9 Å². The minimum absolute atomic E-state index is 0.103. The monoisotopic (exact) mass is 836 g/mol. The van der Waals surface area contributed by atoms with Gasteiger partial charge in [0.05, 0.1) is 26.0 Å². The lowest BCUT2D eigenvalue weighted by atomic mass is 9.98. The molecule has 16 heteroatoms. The molecule has 2 heterocycles. The fraction of sp³-hybridized carbons (Fsp3) is 0.400. The van der Waals surface area contributed by atoms with E-state index in [0.717, 1.165) is 27.9 Å². The van der Waals surface area contributed by atoms with Crippen LogP contribution in [0.4, 0.5) is 9.59 Å². The van der Waals surface area contributed by atoms with Crippen molar-refractivity contribution in [2.24, 2.45) is 0 Å². The van der Waals surface area contributed by atoms with Crippen molar-refractivity contribution in [3.63, 3.8) is 0 Å². The number of hydrogen-bond donors (Lipinski definition) is 3. The van der Waals surface area contributed by atoms with Gasteiger partial charge in [-0.3, -0.25) is 9.48 Å². The maximum atomic E-state index is 13.0. The average molecular weight is 837 g/mol. The van der Waals surface area contributed by atoms with E-state index in [1.54, 1.807) is 43.7 Å². The molecule has 0 aliphatic heterocycles. The number of benzene rings is 3. The van der Waals surface area contributed by atoms with Crippen molar-refractivity contribution in [2.75, 3.05) is 26.9 Å². The highest BCUT2D eigenvalue weighted by atomic mass is 16.6. The van der Waals surface area contributed by atoms with E-state index in [0.29, 0.717) is 50.0 Å². The minimum atomic E-state index is -0.948.